The quantitative estimate of drug-likeness (QED) is 0.622. The van der Waals surface area contributed by atoms with E-state index >= 15 is 0 Å². The molecule has 3 aromatic rings. The first-order chi connectivity index (χ1) is 14.5. The molecule has 0 radical (unpaired) electrons. The maximum absolute atomic E-state index is 13.2. The first-order valence-corrected chi connectivity index (χ1v) is 10.5. The van der Waals surface area contributed by atoms with E-state index in [1.807, 2.05) is 32.0 Å². The summed E-state index contributed by atoms with van der Waals surface area (Å²) in [5, 5.41) is 9.67. The highest BCUT2D eigenvalue weighted by Gasteiger charge is 2.34. The van der Waals surface area contributed by atoms with Gasteiger partial charge in [-0.3, -0.25) is 9.89 Å². The van der Waals surface area contributed by atoms with Gasteiger partial charge in [-0.05, 0) is 37.6 Å². The standard InChI is InChI=1S/C22H22FN3O3S/c1-12-18-20(30-13(2)22(27)24-21(18)26-25-12)16-5-4-6-17(28-3)19(16)29-11-14-7-9-15(23)10-8-14/h4-10,13,20H,11H2,1-3H3,(H2,24,25,26,27). The molecule has 0 fully saturated rings. The van der Waals surface area contributed by atoms with Gasteiger partial charge < -0.3 is 14.8 Å². The number of carbonyl (C=O) groups is 1. The third-order valence-corrected chi connectivity index (χ3v) is 6.40. The Hall–Kier alpha value is -3.00. The molecule has 4 rings (SSSR count). The number of H-pyrrole nitrogens is 1. The third kappa shape index (κ3) is 3.87. The highest BCUT2D eigenvalue weighted by molar-refractivity contribution is 8.01. The van der Waals surface area contributed by atoms with Crippen molar-refractivity contribution in [2.75, 3.05) is 12.4 Å². The zero-order chi connectivity index (χ0) is 21.3. The van der Waals surface area contributed by atoms with Crippen LogP contribution >= 0.6 is 11.8 Å². The summed E-state index contributed by atoms with van der Waals surface area (Å²) in [5.41, 5.74) is 3.52. The minimum Gasteiger partial charge on any atom is -0.493 e. The van der Waals surface area contributed by atoms with E-state index in [0.29, 0.717) is 17.3 Å². The van der Waals surface area contributed by atoms with Crippen LogP contribution in [-0.4, -0.2) is 28.5 Å². The van der Waals surface area contributed by atoms with Crippen LogP contribution in [0.5, 0.6) is 11.5 Å². The summed E-state index contributed by atoms with van der Waals surface area (Å²) in [6.45, 7) is 4.06. The van der Waals surface area contributed by atoms with E-state index in [-0.39, 0.29) is 28.8 Å². The number of hydrogen-bond acceptors (Lipinski definition) is 5. The van der Waals surface area contributed by atoms with Crippen molar-refractivity contribution in [1.82, 2.24) is 10.2 Å². The lowest BCUT2D eigenvalue weighted by Crippen LogP contribution is -2.21. The monoisotopic (exact) mass is 427 g/mol. The van der Waals surface area contributed by atoms with E-state index in [4.69, 9.17) is 9.47 Å². The Morgan fingerprint density at radius 1 is 1.20 bits per heavy atom. The Kier molecular flexibility index (Phi) is 5.67. The second-order valence-corrected chi connectivity index (χ2v) is 8.50. The Balaban J connectivity index is 1.75. The lowest BCUT2D eigenvalue weighted by molar-refractivity contribution is -0.115. The van der Waals surface area contributed by atoms with Crippen molar-refractivity contribution in [2.45, 2.75) is 31.0 Å². The summed E-state index contributed by atoms with van der Waals surface area (Å²) in [5.74, 6) is 1.34. The molecule has 0 bridgehead atoms. The normalized spacial score (nSPS) is 18.3. The number of aromatic amines is 1. The number of para-hydroxylation sites is 1. The van der Waals surface area contributed by atoms with Crippen LogP contribution in [0.2, 0.25) is 0 Å². The molecule has 2 aromatic carbocycles. The van der Waals surface area contributed by atoms with Gasteiger partial charge >= 0.3 is 0 Å². The second kappa shape index (κ2) is 8.39. The van der Waals surface area contributed by atoms with Crippen LogP contribution in [0.3, 0.4) is 0 Å². The second-order valence-electron chi connectivity index (χ2n) is 7.05. The number of nitrogens with one attached hydrogen (secondary N) is 2. The molecule has 2 atom stereocenters. The zero-order valence-electron chi connectivity index (χ0n) is 16.9. The van der Waals surface area contributed by atoms with Crippen LogP contribution in [0, 0.1) is 12.7 Å². The number of thioether (sulfide) groups is 1. The molecule has 30 heavy (non-hydrogen) atoms. The summed E-state index contributed by atoms with van der Waals surface area (Å²) in [4.78, 5) is 12.4. The first kappa shape index (κ1) is 20.3. The molecule has 1 amide bonds. The van der Waals surface area contributed by atoms with E-state index < -0.39 is 0 Å². The minimum absolute atomic E-state index is 0.0908. The van der Waals surface area contributed by atoms with Crippen LogP contribution in [0.4, 0.5) is 10.2 Å². The third-order valence-electron chi connectivity index (χ3n) is 5.02. The van der Waals surface area contributed by atoms with Crippen molar-refractivity contribution in [1.29, 1.82) is 0 Å². The number of methoxy groups -OCH3 is 1. The molecule has 0 saturated heterocycles. The zero-order valence-corrected chi connectivity index (χ0v) is 17.7. The predicted molar refractivity (Wildman–Crippen MR) is 115 cm³/mol. The molecule has 0 saturated carbocycles. The summed E-state index contributed by atoms with van der Waals surface area (Å²) in [7, 11) is 1.59. The maximum Gasteiger partial charge on any atom is 0.238 e. The first-order valence-electron chi connectivity index (χ1n) is 9.53. The average Bonchev–Trinajstić information content (AvgIpc) is 3.04. The lowest BCUT2D eigenvalue weighted by atomic mass is 10.0. The number of anilines is 1. The molecule has 156 valence electrons. The van der Waals surface area contributed by atoms with Gasteiger partial charge in [-0.2, -0.15) is 5.10 Å². The minimum atomic E-state index is -0.291. The van der Waals surface area contributed by atoms with Crippen LogP contribution in [-0.2, 0) is 11.4 Å². The van der Waals surface area contributed by atoms with Crippen molar-refractivity contribution < 1.29 is 18.7 Å². The molecular formula is C22H22FN3O3S. The van der Waals surface area contributed by atoms with E-state index in [1.54, 1.807) is 19.2 Å². The van der Waals surface area contributed by atoms with Crippen LogP contribution in [0.15, 0.2) is 42.5 Å². The molecule has 0 spiro atoms. The van der Waals surface area contributed by atoms with Gasteiger partial charge in [-0.25, -0.2) is 4.39 Å². The highest BCUT2D eigenvalue weighted by Crippen LogP contribution is 2.49. The highest BCUT2D eigenvalue weighted by atomic mass is 32.2. The number of benzene rings is 2. The van der Waals surface area contributed by atoms with E-state index in [2.05, 4.69) is 15.5 Å². The largest absolute Gasteiger partial charge is 0.493 e. The van der Waals surface area contributed by atoms with Gasteiger partial charge in [-0.1, -0.05) is 24.3 Å². The number of aromatic nitrogens is 2. The van der Waals surface area contributed by atoms with Gasteiger partial charge in [0, 0.05) is 16.8 Å². The number of halogens is 1. The fraction of sp³-hybridized carbons (Fsp3) is 0.273. The van der Waals surface area contributed by atoms with Crippen LogP contribution in [0.1, 0.15) is 34.6 Å². The van der Waals surface area contributed by atoms with Crippen molar-refractivity contribution in [3.05, 3.63) is 70.7 Å². The number of carbonyl (C=O) groups excluding carboxylic acids is 1. The summed E-state index contributed by atoms with van der Waals surface area (Å²) >= 11 is 1.53. The number of aryl methyl sites for hydroxylation is 1. The number of rotatable bonds is 5. The molecule has 0 aliphatic carbocycles. The fourth-order valence-electron chi connectivity index (χ4n) is 3.43. The average molecular weight is 428 g/mol. The van der Waals surface area contributed by atoms with Gasteiger partial charge in [0.1, 0.15) is 12.4 Å². The van der Waals surface area contributed by atoms with Crippen LogP contribution in [0.25, 0.3) is 0 Å². The van der Waals surface area contributed by atoms with E-state index in [1.165, 1.54) is 23.9 Å². The van der Waals surface area contributed by atoms with Crippen molar-refractivity contribution in [2.24, 2.45) is 0 Å². The van der Waals surface area contributed by atoms with Gasteiger partial charge in [0.05, 0.1) is 17.6 Å². The number of amides is 1. The Bertz CT molecular complexity index is 1070. The fourth-order valence-corrected chi connectivity index (χ4v) is 4.77. The molecule has 2 heterocycles. The van der Waals surface area contributed by atoms with Crippen molar-refractivity contribution in [3.63, 3.8) is 0 Å². The molecule has 2 unspecified atom stereocenters. The smallest absolute Gasteiger partial charge is 0.238 e. The van der Waals surface area contributed by atoms with E-state index in [9.17, 15) is 9.18 Å². The summed E-state index contributed by atoms with van der Waals surface area (Å²) < 4.78 is 25.0. The predicted octanol–water partition coefficient (Wildman–Crippen LogP) is 4.61. The van der Waals surface area contributed by atoms with E-state index in [0.717, 1.165) is 22.4 Å². The molecular weight excluding hydrogens is 405 g/mol. The molecule has 6 nitrogen and oxygen atoms in total. The molecule has 1 aromatic heterocycles. The van der Waals surface area contributed by atoms with Crippen LogP contribution < -0.4 is 14.8 Å². The van der Waals surface area contributed by atoms with Gasteiger partial charge in [0.15, 0.2) is 17.3 Å². The summed E-state index contributed by atoms with van der Waals surface area (Å²) in [6.07, 6.45) is 0. The number of fused-ring (bicyclic) bond motifs is 1. The number of nitrogens with zero attached hydrogens (tertiary/aromatic N) is 1. The number of ether oxygens (including phenoxy) is 2. The van der Waals surface area contributed by atoms with Gasteiger partial charge in [-0.15, -0.1) is 11.8 Å². The molecule has 8 heteroatoms. The topological polar surface area (TPSA) is 76.2 Å². The summed E-state index contributed by atoms with van der Waals surface area (Å²) in [6, 6.07) is 11.9. The van der Waals surface area contributed by atoms with Gasteiger partial charge in [0.2, 0.25) is 5.91 Å². The number of hydrogen-bond donors (Lipinski definition) is 2. The SMILES string of the molecule is COc1cccc(C2SC(C)C(=O)Nc3n[nH]c(C)c32)c1OCc1ccc(F)cc1. The Labute approximate surface area is 178 Å². The molecule has 2 N–H and O–H groups in total. The van der Waals surface area contributed by atoms with Crippen molar-refractivity contribution in [3.8, 4) is 11.5 Å². The Morgan fingerprint density at radius 3 is 2.70 bits per heavy atom. The molecule has 1 aliphatic heterocycles. The maximum atomic E-state index is 13.2. The Morgan fingerprint density at radius 2 is 1.97 bits per heavy atom. The van der Waals surface area contributed by atoms with Crippen molar-refractivity contribution >= 4 is 23.5 Å². The van der Waals surface area contributed by atoms with Gasteiger partial charge in [0.25, 0.3) is 0 Å². The lowest BCUT2D eigenvalue weighted by Gasteiger charge is -2.22. The molecule has 1 aliphatic rings.